The van der Waals surface area contributed by atoms with Crippen molar-refractivity contribution in [3.8, 4) is 0 Å². The van der Waals surface area contributed by atoms with E-state index in [2.05, 4.69) is 0 Å². The number of hydrogen-bond donors (Lipinski definition) is 0. The van der Waals surface area contributed by atoms with Gasteiger partial charge in [-0.1, -0.05) is 18.2 Å². The maximum Gasteiger partial charge on any atom is 0.310 e. The van der Waals surface area contributed by atoms with Crippen LogP contribution < -0.4 is 0 Å². The summed E-state index contributed by atoms with van der Waals surface area (Å²) in [6, 6.07) is 7.90. The molecule has 0 bridgehead atoms. The van der Waals surface area contributed by atoms with Gasteiger partial charge in [-0.05, 0) is 31.9 Å². The average Bonchev–Trinajstić information content (AvgIpc) is 2.55. The second-order valence-corrected chi connectivity index (χ2v) is 7.49. The molecular formula is C16H21NO5S. The van der Waals surface area contributed by atoms with Gasteiger partial charge in [0.1, 0.15) is 5.75 Å². The van der Waals surface area contributed by atoms with E-state index in [1.165, 1.54) is 17.0 Å². The molecule has 1 atom stereocenters. The minimum Gasteiger partial charge on any atom is -0.466 e. The number of ether oxygens (including phenoxy) is 1. The number of rotatable bonds is 5. The van der Waals surface area contributed by atoms with Crippen molar-refractivity contribution in [3.63, 3.8) is 0 Å². The summed E-state index contributed by atoms with van der Waals surface area (Å²) in [5.74, 6) is -1.74. The van der Waals surface area contributed by atoms with E-state index in [4.69, 9.17) is 4.74 Å². The summed E-state index contributed by atoms with van der Waals surface area (Å²) in [5.41, 5.74) is 0. The summed E-state index contributed by atoms with van der Waals surface area (Å²) in [7, 11) is -3.66. The molecule has 0 aliphatic carbocycles. The van der Waals surface area contributed by atoms with Gasteiger partial charge in [-0.25, -0.2) is 8.42 Å². The molecule has 1 amide bonds. The Morgan fingerprint density at radius 1 is 1.26 bits per heavy atom. The zero-order chi connectivity index (χ0) is 16.9. The normalized spacial score (nSPS) is 18.5. The van der Waals surface area contributed by atoms with Crippen molar-refractivity contribution >= 4 is 21.7 Å². The Kier molecular flexibility index (Phi) is 5.76. The number of benzene rings is 1. The van der Waals surface area contributed by atoms with Crippen LogP contribution in [0.15, 0.2) is 35.2 Å². The van der Waals surface area contributed by atoms with Crippen LogP contribution in [0.2, 0.25) is 0 Å². The summed E-state index contributed by atoms with van der Waals surface area (Å²) in [5, 5.41) is 0. The monoisotopic (exact) mass is 339 g/mol. The molecule has 0 N–H and O–H groups in total. The molecule has 23 heavy (non-hydrogen) atoms. The second-order valence-electron chi connectivity index (χ2n) is 5.50. The van der Waals surface area contributed by atoms with E-state index in [9.17, 15) is 18.0 Å². The van der Waals surface area contributed by atoms with E-state index in [0.717, 1.165) is 0 Å². The summed E-state index contributed by atoms with van der Waals surface area (Å²) in [6.45, 7) is 2.72. The van der Waals surface area contributed by atoms with Crippen LogP contribution in [0.1, 0.15) is 19.8 Å². The lowest BCUT2D eigenvalue weighted by atomic mass is 9.98. The van der Waals surface area contributed by atoms with Gasteiger partial charge in [-0.2, -0.15) is 0 Å². The third-order valence-electron chi connectivity index (χ3n) is 3.81. The molecule has 7 heteroatoms. The Bertz CT molecular complexity index is 656. The summed E-state index contributed by atoms with van der Waals surface area (Å²) >= 11 is 0. The number of carbonyl (C=O) groups excluding carboxylic acids is 2. The first-order valence-corrected chi connectivity index (χ1v) is 9.31. The number of amides is 1. The van der Waals surface area contributed by atoms with E-state index >= 15 is 0 Å². The Labute approximate surface area is 136 Å². The predicted molar refractivity (Wildman–Crippen MR) is 84.4 cm³/mol. The Morgan fingerprint density at radius 3 is 2.61 bits per heavy atom. The maximum atomic E-state index is 12.3. The maximum absolute atomic E-state index is 12.3. The molecule has 1 unspecified atom stereocenters. The second kappa shape index (κ2) is 7.59. The molecule has 0 radical (unpaired) electrons. The summed E-state index contributed by atoms with van der Waals surface area (Å²) < 4.78 is 29.5. The molecule has 6 nitrogen and oxygen atoms in total. The SMILES string of the molecule is CCOC(=O)C1CCCN(C(=O)CS(=O)(=O)c2ccccc2)C1. The zero-order valence-corrected chi connectivity index (χ0v) is 13.9. The number of sulfone groups is 1. The van der Waals surface area contributed by atoms with Crippen LogP contribution >= 0.6 is 0 Å². The van der Waals surface area contributed by atoms with Crippen molar-refractivity contribution in [2.45, 2.75) is 24.7 Å². The van der Waals surface area contributed by atoms with Gasteiger partial charge in [0.2, 0.25) is 5.91 Å². The van der Waals surface area contributed by atoms with Gasteiger partial charge in [-0.15, -0.1) is 0 Å². The first kappa shape index (κ1) is 17.5. The molecule has 0 aromatic heterocycles. The number of hydrogen-bond acceptors (Lipinski definition) is 5. The van der Waals surface area contributed by atoms with E-state index in [1.807, 2.05) is 0 Å². The number of esters is 1. The highest BCUT2D eigenvalue weighted by molar-refractivity contribution is 7.92. The van der Waals surface area contributed by atoms with Crippen molar-refractivity contribution < 1.29 is 22.7 Å². The van der Waals surface area contributed by atoms with Crippen LogP contribution in [0.25, 0.3) is 0 Å². The Hall–Kier alpha value is -1.89. The van der Waals surface area contributed by atoms with Crippen LogP contribution in [0.4, 0.5) is 0 Å². The van der Waals surface area contributed by atoms with Crippen molar-refractivity contribution in [2.24, 2.45) is 5.92 Å². The average molecular weight is 339 g/mol. The lowest BCUT2D eigenvalue weighted by Gasteiger charge is -2.31. The van der Waals surface area contributed by atoms with Gasteiger partial charge >= 0.3 is 5.97 Å². The van der Waals surface area contributed by atoms with Crippen molar-refractivity contribution in [2.75, 3.05) is 25.4 Å². The fourth-order valence-corrected chi connectivity index (χ4v) is 3.87. The van der Waals surface area contributed by atoms with Gasteiger partial charge in [0, 0.05) is 13.1 Å². The van der Waals surface area contributed by atoms with Gasteiger partial charge in [-0.3, -0.25) is 9.59 Å². The summed E-state index contributed by atoms with van der Waals surface area (Å²) in [6.07, 6.45) is 1.33. The molecule has 1 aliphatic heterocycles. The Morgan fingerprint density at radius 2 is 1.96 bits per heavy atom. The highest BCUT2D eigenvalue weighted by Crippen LogP contribution is 2.19. The Balaban J connectivity index is 2.01. The highest BCUT2D eigenvalue weighted by Gasteiger charge is 2.31. The third kappa shape index (κ3) is 4.54. The van der Waals surface area contributed by atoms with Crippen LogP contribution in [0.5, 0.6) is 0 Å². The van der Waals surface area contributed by atoms with E-state index in [0.29, 0.717) is 26.0 Å². The van der Waals surface area contributed by atoms with E-state index in [-0.39, 0.29) is 23.3 Å². The van der Waals surface area contributed by atoms with E-state index < -0.39 is 21.5 Å². The van der Waals surface area contributed by atoms with Gasteiger partial charge < -0.3 is 9.64 Å². The van der Waals surface area contributed by atoms with Crippen molar-refractivity contribution in [3.05, 3.63) is 30.3 Å². The molecule has 1 saturated heterocycles. The molecule has 1 fully saturated rings. The third-order valence-corrected chi connectivity index (χ3v) is 5.43. The number of likely N-dealkylation sites (tertiary alicyclic amines) is 1. The molecule has 0 spiro atoms. The minimum absolute atomic E-state index is 0.132. The van der Waals surface area contributed by atoms with Crippen molar-refractivity contribution in [1.82, 2.24) is 4.90 Å². The molecule has 126 valence electrons. The van der Waals surface area contributed by atoms with Crippen LogP contribution in [0.3, 0.4) is 0 Å². The molecule has 1 heterocycles. The fourth-order valence-electron chi connectivity index (χ4n) is 2.62. The molecule has 0 saturated carbocycles. The molecular weight excluding hydrogens is 318 g/mol. The fraction of sp³-hybridized carbons (Fsp3) is 0.500. The molecule has 2 rings (SSSR count). The van der Waals surface area contributed by atoms with Gasteiger partial charge in [0.05, 0.1) is 17.4 Å². The van der Waals surface area contributed by atoms with E-state index in [1.54, 1.807) is 25.1 Å². The largest absolute Gasteiger partial charge is 0.466 e. The predicted octanol–water partition coefficient (Wildman–Crippen LogP) is 1.26. The molecule has 1 aromatic rings. The molecule has 1 aromatic carbocycles. The molecule has 1 aliphatic rings. The number of piperidine rings is 1. The van der Waals surface area contributed by atoms with Crippen LogP contribution in [-0.2, 0) is 24.2 Å². The quantitative estimate of drug-likeness (QED) is 0.755. The number of nitrogens with zero attached hydrogens (tertiary/aromatic N) is 1. The van der Waals surface area contributed by atoms with Gasteiger partial charge in [0.25, 0.3) is 0 Å². The van der Waals surface area contributed by atoms with Crippen LogP contribution in [0, 0.1) is 5.92 Å². The number of carbonyl (C=O) groups is 2. The lowest BCUT2D eigenvalue weighted by Crippen LogP contribution is -2.45. The first-order valence-electron chi connectivity index (χ1n) is 7.66. The zero-order valence-electron chi connectivity index (χ0n) is 13.1. The lowest BCUT2D eigenvalue weighted by molar-refractivity contribution is -0.151. The smallest absolute Gasteiger partial charge is 0.310 e. The van der Waals surface area contributed by atoms with Gasteiger partial charge in [0.15, 0.2) is 9.84 Å². The van der Waals surface area contributed by atoms with Crippen LogP contribution in [-0.4, -0.2) is 50.6 Å². The van der Waals surface area contributed by atoms with Crippen molar-refractivity contribution in [1.29, 1.82) is 0 Å². The minimum atomic E-state index is -3.66. The first-order chi connectivity index (χ1) is 10.9. The topological polar surface area (TPSA) is 80.8 Å². The standard InChI is InChI=1S/C16H21NO5S/c1-2-22-16(19)13-7-6-10-17(11-13)15(18)12-23(20,21)14-8-4-3-5-9-14/h3-5,8-9,13H,2,6-7,10-12H2,1H3. The summed E-state index contributed by atoms with van der Waals surface area (Å²) in [4.78, 5) is 25.7. The highest BCUT2D eigenvalue weighted by atomic mass is 32.2.